The number of carbonyl (C=O) groups is 4. The van der Waals surface area contributed by atoms with Gasteiger partial charge in [0.2, 0.25) is 11.8 Å². The van der Waals surface area contributed by atoms with Crippen LogP contribution in [0.3, 0.4) is 0 Å². The van der Waals surface area contributed by atoms with E-state index in [-0.39, 0.29) is 24.3 Å². The van der Waals surface area contributed by atoms with Gasteiger partial charge in [-0.15, -0.1) is 0 Å². The summed E-state index contributed by atoms with van der Waals surface area (Å²) in [5, 5.41) is 2.97. The minimum Gasteiger partial charge on any atom is -0.448 e. The van der Waals surface area contributed by atoms with E-state index in [4.69, 9.17) is 4.74 Å². The molecule has 5 rings (SSSR count). The Kier molecular flexibility index (Phi) is 8.52. The summed E-state index contributed by atoms with van der Waals surface area (Å²) < 4.78 is 5.74. The number of carbonyl (C=O) groups excluding carboxylic acids is 4. The number of hydrogen-bond acceptors (Lipinski definition) is 5. The second-order valence-corrected chi connectivity index (χ2v) is 11.4. The molecule has 1 aliphatic heterocycles. The molecule has 3 atom stereocenters. The van der Waals surface area contributed by atoms with Crippen LogP contribution in [0, 0.1) is 5.92 Å². The van der Waals surface area contributed by atoms with E-state index in [1.807, 2.05) is 24.3 Å². The average molecular weight is 546 g/mol. The molecule has 2 aromatic carbocycles. The first-order valence-corrected chi connectivity index (χ1v) is 14.5. The number of nitrogens with one attached hydrogen (secondary N) is 1. The fraction of sp³-hybridized carbons (Fsp3) is 0.500. The molecule has 2 aliphatic carbocycles. The number of amides is 3. The monoisotopic (exact) mass is 545 g/mol. The van der Waals surface area contributed by atoms with E-state index >= 15 is 0 Å². The van der Waals surface area contributed by atoms with Crippen LogP contribution in [0.1, 0.15) is 68.9 Å². The van der Waals surface area contributed by atoms with E-state index in [0.717, 1.165) is 67.1 Å². The lowest BCUT2D eigenvalue weighted by atomic mass is 9.83. The summed E-state index contributed by atoms with van der Waals surface area (Å²) in [5.74, 6) is -0.647. The van der Waals surface area contributed by atoms with Crippen molar-refractivity contribution < 1.29 is 23.9 Å². The normalized spacial score (nSPS) is 20.2. The first-order valence-electron chi connectivity index (χ1n) is 14.5. The molecule has 0 radical (unpaired) electrons. The van der Waals surface area contributed by atoms with Gasteiger partial charge in [-0.1, -0.05) is 67.8 Å². The van der Waals surface area contributed by atoms with Gasteiger partial charge in [0, 0.05) is 19.5 Å². The number of ether oxygens (including phenoxy) is 1. The summed E-state index contributed by atoms with van der Waals surface area (Å²) in [6, 6.07) is 14.3. The van der Waals surface area contributed by atoms with Gasteiger partial charge in [0.1, 0.15) is 25.0 Å². The van der Waals surface area contributed by atoms with E-state index < -0.39 is 30.1 Å². The molecule has 212 valence electrons. The molecule has 2 fully saturated rings. The maximum atomic E-state index is 13.6. The summed E-state index contributed by atoms with van der Waals surface area (Å²) in [7, 11) is 1.55. The van der Waals surface area contributed by atoms with Crippen LogP contribution in [0.2, 0.25) is 0 Å². The third kappa shape index (κ3) is 5.49. The molecular formula is C32H39N3O5. The molecule has 2 aromatic rings. The number of fused-ring (bicyclic) bond motifs is 3. The maximum Gasteiger partial charge on any atom is 0.410 e. The van der Waals surface area contributed by atoms with Gasteiger partial charge in [0.05, 0.1) is 6.04 Å². The number of aldehydes is 1. The molecule has 1 N–H and O–H groups in total. The summed E-state index contributed by atoms with van der Waals surface area (Å²) in [6.07, 6.45) is 6.52. The summed E-state index contributed by atoms with van der Waals surface area (Å²) in [5.41, 5.74) is 4.53. The Morgan fingerprint density at radius 1 is 0.975 bits per heavy atom. The highest BCUT2D eigenvalue weighted by molar-refractivity contribution is 5.92. The highest BCUT2D eigenvalue weighted by Crippen LogP contribution is 2.44. The number of rotatable bonds is 8. The molecule has 1 heterocycles. The lowest BCUT2D eigenvalue weighted by Crippen LogP contribution is -2.57. The van der Waals surface area contributed by atoms with E-state index in [9.17, 15) is 19.2 Å². The Balaban J connectivity index is 1.24. The molecule has 3 amide bonds. The number of likely N-dealkylation sites (tertiary alicyclic amines) is 1. The smallest absolute Gasteiger partial charge is 0.410 e. The van der Waals surface area contributed by atoms with Crippen LogP contribution in [0.15, 0.2) is 48.5 Å². The van der Waals surface area contributed by atoms with Crippen LogP contribution in [-0.2, 0) is 19.1 Å². The molecule has 8 heteroatoms. The molecule has 40 heavy (non-hydrogen) atoms. The van der Waals surface area contributed by atoms with Crippen molar-refractivity contribution in [1.82, 2.24) is 15.1 Å². The van der Waals surface area contributed by atoms with Crippen molar-refractivity contribution in [3.05, 3.63) is 59.7 Å². The van der Waals surface area contributed by atoms with Crippen molar-refractivity contribution >= 4 is 24.2 Å². The third-order valence-electron chi connectivity index (χ3n) is 9.01. The van der Waals surface area contributed by atoms with Gasteiger partial charge in [-0.05, 0) is 60.8 Å². The first kappa shape index (κ1) is 27.9. The Morgan fingerprint density at radius 3 is 2.23 bits per heavy atom. The molecular weight excluding hydrogens is 506 g/mol. The number of likely N-dealkylation sites (N-methyl/N-ethyl adjacent to an activating group) is 1. The van der Waals surface area contributed by atoms with Crippen LogP contribution in [0.4, 0.5) is 4.79 Å². The fourth-order valence-electron chi connectivity index (χ4n) is 6.54. The second-order valence-electron chi connectivity index (χ2n) is 11.4. The topological polar surface area (TPSA) is 96.0 Å². The van der Waals surface area contributed by atoms with E-state index in [2.05, 4.69) is 29.6 Å². The zero-order valence-electron chi connectivity index (χ0n) is 23.4. The molecule has 3 aliphatic rings. The largest absolute Gasteiger partial charge is 0.448 e. The zero-order chi connectivity index (χ0) is 28.2. The molecule has 1 saturated carbocycles. The first-order chi connectivity index (χ1) is 19.4. The standard InChI is InChI=1S/C32H39N3O5/c1-21(30(37)33-29(22-11-4-3-5-12-22)31(38)35-18-10-13-23(35)19-36)34(2)32(39)40-20-28-26-16-8-6-14-24(26)25-15-7-9-17-27(25)28/h6-9,14-17,19,21-23,28-29H,3-5,10-13,18,20H2,1-2H3,(H,33,37)/t21-,23-,29-/m0/s1. The van der Waals surface area contributed by atoms with E-state index in [1.54, 1.807) is 18.9 Å². The van der Waals surface area contributed by atoms with Crippen molar-refractivity contribution in [2.75, 3.05) is 20.2 Å². The Hall–Kier alpha value is -3.68. The van der Waals surface area contributed by atoms with Crippen LogP contribution in [0.5, 0.6) is 0 Å². The molecule has 8 nitrogen and oxygen atoms in total. The van der Waals surface area contributed by atoms with Crippen molar-refractivity contribution in [2.45, 2.75) is 75.9 Å². The Morgan fingerprint density at radius 2 is 1.60 bits per heavy atom. The van der Waals surface area contributed by atoms with Crippen molar-refractivity contribution in [3.63, 3.8) is 0 Å². The quantitative estimate of drug-likeness (QED) is 0.493. The average Bonchev–Trinajstić information content (AvgIpc) is 3.60. The Labute approximate surface area is 236 Å². The lowest BCUT2D eigenvalue weighted by Gasteiger charge is -2.35. The SMILES string of the molecule is C[C@@H](C(=O)N[C@H](C(=O)N1CCC[C@H]1C=O)C1CCCCC1)N(C)C(=O)OCC1c2ccccc2-c2ccccc21. The minimum atomic E-state index is -0.838. The second kappa shape index (κ2) is 12.2. The van der Waals surface area contributed by atoms with Gasteiger partial charge >= 0.3 is 6.09 Å². The number of hydrogen-bond donors (Lipinski definition) is 1. The number of nitrogens with zero attached hydrogens (tertiary/aromatic N) is 2. The van der Waals surface area contributed by atoms with Gasteiger partial charge in [-0.3, -0.25) is 14.5 Å². The van der Waals surface area contributed by atoms with Crippen LogP contribution >= 0.6 is 0 Å². The lowest BCUT2D eigenvalue weighted by molar-refractivity contribution is -0.141. The molecule has 0 spiro atoms. The van der Waals surface area contributed by atoms with E-state index in [0.29, 0.717) is 13.0 Å². The highest BCUT2D eigenvalue weighted by Gasteiger charge is 2.39. The van der Waals surface area contributed by atoms with Gasteiger partial charge in [-0.2, -0.15) is 0 Å². The van der Waals surface area contributed by atoms with Gasteiger partial charge < -0.3 is 19.7 Å². The summed E-state index contributed by atoms with van der Waals surface area (Å²) >= 11 is 0. The highest BCUT2D eigenvalue weighted by atomic mass is 16.6. The molecule has 0 unspecified atom stereocenters. The summed E-state index contributed by atoms with van der Waals surface area (Å²) in [6.45, 7) is 2.33. The Bertz CT molecular complexity index is 1210. The van der Waals surface area contributed by atoms with Gasteiger partial charge in [-0.25, -0.2) is 4.79 Å². The zero-order valence-corrected chi connectivity index (χ0v) is 23.4. The van der Waals surface area contributed by atoms with Crippen molar-refractivity contribution in [3.8, 4) is 11.1 Å². The fourth-order valence-corrected chi connectivity index (χ4v) is 6.54. The summed E-state index contributed by atoms with van der Waals surface area (Å²) in [4.78, 5) is 54.5. The molecule has 1 saturated heterocycles. The van der Waals surface area contributed by atoms with Crippen LogP contribution < -0.4 is 5.32 Å². The van der Waals surface area contributed by atoms with E-state index in [1.165, 1.54) is 4.90 Å². The van der Waals surface area contributed by atoms with Crippen LogP contribution in [-0.4, -0.2) is 72.3 Å². The maximum absolute atomic E-state index is 13.6. The van der Waals surface area contributed by atoms with Gasteiger partial charge in [0.15, 0.2) is 0 Å². The predicted octanol–water partition coefficient (Wildman–Crippen LogP) is 4.51. The van der Waals surface area contributed by atoms with Gasteiger partial charge in [0.25, 0.3) is 0 Å². The molecule has 0 aromatic heterocycles. The third-order valence-corrected chi connectivity index (χ3v) is 9.01. The van der Waals surface area contributed by atoms with Crippen molar-refractivity contribution in [1.29, 1.82) is 0 Å². The predicted molar refractivity (Wildman–Crippen MR) is 152 cm³/mol. The number of benzene rings is 2. The minimum absolute atomic E-state index is 0.0186. The molecule has 0 bridgehead atoms. The van der Waals surface area contributed by atoms with Crippen molar-refractivity contribution in [2.24, 2.45) is 5.92 Å². The van der Waals surface area contributed by atoms with Crippen LogP contribution in [0.25, 0.3) is 11.1 Å².